The van der Waals surface area contributed by atoms with Crippen molar-refractivity contribution in [2.24, 2.45) is 0 Å². The summed E-state index contributed by atoms with van der Waals surface area (Å²) in [6.07, 6.45) is 5.62. The molecule has 0 amide bonds. The summed E-state index contributed by atoms with van der Waals surface area (Å²) in [5.41, 5.74) is 0.533. The maximum atomic E-state index is 10.6. The van der Waals surface area contributed by atoms with Gasteiger partial charge in [0.25, 0.3) is 0 Å². The predicted molar refractivity (Wildman–Crippen MR) is 82.2 cm³/mol. The zero-order valence-electron chi connectivity index (χ0n) is 11.4. The number of rotatable bonds is 5. The van der Waals surface area contributed by atoms with Gasteiger partial charge < -0.3 is 14.6 Å². The number of aliphatic carboxylic acids is 1. The summed E-state index contributed by atoms with van der Waals surface area (Å²) in [6.45, 7) is 1.13. The SMILES string of the molecule is O=C(O)/C=C/c1cc(Cl)cc(Cl)c1OCC1CCCCO1. The fourth-order valence-corrected chi connectivity index (χ4v) is 2.70. The lowest BCUT2D eigenvalue weighted by Gasteiger charge is -2.23. The van der Waals surface area contributed by atoms with Gasteiger partial charge in [-0.2, -0.15) is 0 Å². The summed E-state index contributed by atoms with van der Waals surface area (Å²) in [7, 11) is 0. The highest BCUT2D eigenvalue weighted by Gasteiger charge is 2.16. The van der Waals surface area contributed by atoms with E-state index in [1.165, 1.54) is 6.08 Å². The minimum atomic E-state index is -1.05. The number of carbonyl (C=O) groups is 1. The van der Waals surface area contributed by atoms with Crippen molar-refractivity contribution in [3.8, 4) is 5.75 Å². The van der Waals surface area contributed by atoms with Crippen LogP contribution in [-0.4, -0.2) is 30.4 Å². The zero-order chi connectivity index (χ0) is 15.2. The lowest BCUT2D eigenvalue weighted by molar-refractivity contribution is -0.131. The van der Waals surface area contributed by atoms with Gasteiger partial charge >= 0.3 is 5.97 Å². The molecule has 2 rings (SSSR count). The second-order valence-corrected chi connectivity index (χ2v) is 5.62. The Labute approximate surface area is 133 Å². The van der Waals surface area contributed by atoms with E-state index in [4.69, 9.17) is 37.8 Å². The van der Waals surface area contributed by atoms with Gasteiger partial charge in [0.15, 0.2) is 0 Å². The van der Waals surface area contributed by atoms with Crippen LogP contribution < -0.4 is 4.74 Å². The Morgan fingerprint density at radius 1 is 1.43 bits per heavy atom. The first-order valence-corrected chi connectivity index (χ1v) is 7.46. The van der Waals surface area contributed by atoms with E-state index in [2.05, 4.69) is 0 Å². The molecule has 0 spiro atoms. The van der Waals surface area contributed by atoms with Crippen molar-refractivity contribution in [1.29, 1.82) is 0 Å². The van der Waals surface area contributed by atoms with E-state index in [1.807, 2.05) is 0 Å². The van der Waals surface area contributed by atoms with E-state index >= 15 is 0 Å². The molecule has 1 fully saturated rings. The first-order chi connectivity index (χ1) is 10.1. The predicted octanol–water partition coefficient (Wildman–Crippen LogP) is 4.04. The second-order valence-electron chi connectivity index (χ2n) is 4.78. The second kappa shape index (κ2) is 7.69. The summed E-state index contributed by atoms with van der Waals surface area (Å²) in [5.74, 6) is -0.625. The Hall–Kier alpha value is -1.23. The first kappa shape index (κ1) is 16.1. The highest BCUT2D eigenvalue weighted by atomic mass is 35.5. The monoisotopic (exact) mass is 330 g/mol. The minimum Gasteiger partial charge on any atom is -0.489 e. The van der Waals surface area contributed by atoms with Gasteiger partial charge in [0.05, 0.1) is 11.1 Å². The number of hydrogen-bond acceptors (Lipinski definition) is 3. The number of benzene rings is 1. The normalized spacial score (nSPS) is 18.9. The molecular formula is C15H16Cl2O4. The van der Waals surface area contributed by atoms with Crippen molar-refractivity contribution in [3.05, 3.63) is 33.8 Å². The Morgan fingerprint density at radius 3 is 2.90 bits per heavy atom. The summed E-state index contributed by atoms with van der Waals surface area (Å²) < 4.78 is 11.3. The maximum Gasteiger partial charge on any atom is 0.328 e. The number of halogens is 2. The molecule has 1 aliphatic rings. The van der Waals surface area contributed by atoms with Gasteiger partial charge in [0, 0.05) is 23.3 Å². The lowest BCUT2D eigenvalue weighted by Crippen LogP contribution is -2.26. The number of carboxylic acid groups (broad SMARTS) is 1. The van der Waals surface area contributed by atoms with Crippen molar-refractivity contribution in [2.45, 2.75) is 25.4 Å². The summed E-state index contributed by atoms with van der Waals surface area (Å²) in [4.78, 5) is 10.6. The molecule has 0 aromatic heterocycles. The van der Waals surface area contributed by atoms with Crippen molar-refractivity contribution >= 4 is 35.2 Å². The molecule has 1 aromatic rings. The number of carboxylic acids is 1. The maximum absolute atomic E-state index is 10.6. The summed E-state index contributed by atoms with van der Waals surface area (Å²) in [5, 5.41) is 9.50. The third-order valence-electron chi connectivity index (χ3n) is 3.13. The third-order valence-corrected chi connectivity index (χ3v) is 3.63. The zero-order valence-corrected chi connectivity index (χ0v) is 12.9. The Kier molecular flexibility index (Phi) is 5.91. The van der Waals surface area contributed by atoms with Gasteiger partial charge in [-0.05, 0) is 37.5 Å². The Balaban J connectivity index is 2.14. The van der Waals surface area contributed by atoms with Gasteiger partial charge in [-0.3, -0.25) is 0 Å². The van der Waals surface area contributed by atoms with Gasteiger partial charge in [-0.1, -0.05) is 23.2 Å². The van der Waals surface area contributed by atoms with Crippen LogP contribution in [0.2, 0.25) is 10.0 Å². The van der Waals surface area contributed by atoms with E-state index in [9.17, 15) is 4.79 Å². The van der Waals surface area contributed by atoms with Crippen LogP contribution in [0.25, 0.3) is 6.08 Å². The highest BCUT2D eigenvalue weighted by Crippen LogP contribution is 2.33. The average Bonchev–Trinajstić information content (AvgIpc) is 2.45. The topological polar surface area (TPSA) is 55.8 Å². The molecule has 6 heteroatoms. The fraction of sp³-hybridized carbons (Fsp3) is 0.400. The minimum absolute atomic E-state index is 0.0433. The van der Waals surface area contributed by atoms with Crippen molar-refractivity contribution in [1.82, 2.24) is 0 Å². The summed E-state index contributed by atoms with van der Waals surface area (Å²) >= 11 is 12.1. The van der Waals surface area contributed by atoms with Crippen LogP contribution in [0, 0.1) is 0 Å². The van der Waals surface area contributed by atoms with E-state index in [0.717, 1.165) is 31.9 Å². The van der Waals surface area contributed by atoms with Crippen LogP contribution in [-0.2, 0) is 9.53 Å². The lowest BCUT2D eigenvalue weighted by atomic mass is 10.1. The molecule has 1 unspecified atom stereocenters. The third kappa shape index (κ3) is 4.92. The standard InChI is InChI=1S/C15H16Cl2O4/c16-11-7-10(4-5-14(18)19)15(13(17)8-11)21-9-12-3-1-2-6-20-12/h4-5,7-8,12H,1-3,6,9H2,(H,18,19)/b5-4+. The van der Waals surface area contributed by atoms with Crippen LogP contribution >= 0.6 is 23.2 Å². The molecule has 114 valence electrons. The van der Waals surface area contributed by atoms with Crippen LogP contribution in [0.15, 0.2) is 18.2 Å². The molecule has 1 heterocycles. The van der Waals surface area contributed by atoms with E-state index in [1.54, 1.807) is 12.1 Å². The van der Waals surface area contributed by atoms with Crippen LogP contribution in [0.4, 0.5) is 0 Å². The van der Waals surface area contributed by atoms with Gasteiger partial charge in [0.2, 0.25) is 0 Å². The van der Waals surface area contributed by atoms with Crippen LogP contribution in [0.3, 0.4) is 0 Å². The largest absolute Gasteiger partial charge is 0.489 e. The summed E-state index contributed by atoms with van der Waals surface area (Å²) in [6, 6.07) is 3.18. The Bertz CT molecular complexity index is 537. The molecule has 0 aliphatic carbocycles. The van der Waals surface area contributed by atoms with Gasteiger partial charge in [-0.15, -0.1) is 0 Å². The smallest absolute Gasteiger partial charge is 0.328 e. The molecule has 21 heavy (non-hydrogen) atoms. The molecule has 1 aliphatic heterocycles. The molecule has 1 N–H and O–H groups in total. The molecular weight excluding hydrogens is 315 g/mol. The molecule has 0 saturated carbocycles. The van der Waals surface area contributed by atoms with Gasteiger partial charge in [-0.25, -0.2) is 4.79 Å². The number of hydrogen-bond donors (Lipinski definition) is 1. The van der Waals surface area contributed by atoms with Crippen molar-refractivity contribution in [2.75, 3.05) is 13.2 Å². The fourth-order valence-electron chi connectivity index (χ4n) is 2.13. The van der Waals surface area contributed by atoms with E-state index in [-0.39, 0.29) is 6.10 Å². The quantitative estimate of drug-likeness (QED) is 0.828. The van der Waals surface area contributed by atoms with Crippen molar-refractivity contribution in [3.63, 3.8) is 0 Å². The molecule has 1 atom stereocenters. The molecule has 1 saturated heterocycles. The van der Waals surface area contributed by atoms with E-state index in [0.29, 0.717) is 28.0 Å². The molecule has 4 nitrogen and oxygen atoms in total. The van der Waals surface area contributed by atoms with E-state index < -0.39 is 5.97 Å². The average molecular weight is 331 g/mol. The van der Waals surface area contributed by atoms with Gasteiger partial charge in [0.1, 0.15) is 12.4 Å². The Morgan fingerprint density at radius 2 is 2.24 bits per heavy atom. The molecule has 0 radical (unpaired) electrons. The molecule has 0 bridgehead atoms. The molecule has 1 aromatic carbocycles. The van der Waals surface area contributed by atoms with Crippen molar-refractivity contribution < 1.29 is 19.4 Å². The number of ether oxygens (including phenoxy) is 2. The first-order valence-electron chi connectivity index (χ1n) is 6.70. The van der Waals surface area contributed by atoms with Crippen LogP contribution in [0.1, 0.15) is 24.8 Å². The highest BCUT2D eigenvalue weighted by molar-refractivity contribution is 6.35. The van der Waals surface area contributed by atoms with Crippen LogP contribution in [0.5, 0.6) is 5.75 Å².